The molecule has 5 nitrogen and oxygen atoms in total. The number of hydrogen-bond acceptors (Lipinski definition) is 4. The van der Waals surface area contributed by atoms with E-state index in [1.807, 2.05) is 19.0 Å². The van der Waals surface area contributed by atoms with Crippen LogP contribution in [0.15, 0.2) is 18.2 Å². The molecule has 1 heterocycles. The Morgan fingerprint density at radius 2 is 2.33 bits per heavy atom. The Hall–Kier alpha value is -2.53. The van der Waals surface area contributed by atoms with Crippen LogP contribution in [-0.4, -0.2) is 31.1 Å². The number of aliphatic carboxylic acids is 1. The van der Waals surface area contributed by atoms with E-state index in [1.165, 1.54) is 0 Å². The minimum Gasteiger partial charge on any atom is -0.482 e. The fourth-order valence-electron chi connectivity index (χ4n) is 2.11. The van der Waals surface area contributed by atoms with Crippen LogP contribution in [-0.2, 0) is 9.45 Å². The molecule has 2 rings (SSSR count). The van der Waals surface area contributed by atoms with Crippen molar-refractivity contribution in [3.8, 4) is 5.75 Å². The zero-order chi connectivity index (χ0) is 12.4. The molecule has 0 fully saturated rings. The quantitative estimate of drug-likeness (QED) is 0.568. The molecule has 1 atom stereocenters. The molecule has 92 valence electrons. The Morgan fingerprint density at radius 1 is 1.61 bits per heavy atom. The van der Waals surface area contributed by atoms with Crippen LogP contribution in [0.5, 0.6) is 5.75 Å². The Bertz CT molecular complexity index is 443. The Kier molecular flexibility index (Phi) is 3.91. The molecule has 1 aromatic rings. The van der Waals surface area contributed by atoms with Gasteiger partial charge in [-0.2, -0.15) is 0 Å². The van der Waals surface area contributed by atoms with Crippen LogP contribution in [0.1, 0.15) is 11.7 Å². The zero-order valence-corrected chi connectivity index (χ0v) is 16.7. The molecule has 0 aromatic heterocycles. The van der Waals surface area contributed by atoms with Crippen molar-refractivity contribution in [2.75, 3.05) is 13.2 Å². The number of nitrogens with two attached hydrogens (primary N) is 1. The molecule has 1 aromatic carbocycles. The van der Waals surface area contributed by atoms with Crippen molar-refractivity contribution in [2.24, 2.45) is 5.73 Å². The van der Waals surface area contributed by atoms with Gasteiger partial charge in [0.2, 0.25) is 0 Å². The van der Waals surface area contributed by atoms with Gasteiger partial charge < -0.3 is 20.2 Å². The molecule has 0 aliphatic carbocycles. The van der Waals surface area contributed by atoms with Gasteiger partial charge >= 0.3 is 12.9 Å². The summed E-state index contributed by atoms with van der Waals surface area (Å²) in [7, 11) is 0. The van der Waals surface area contributed by atoms with E-state index in [1.54, 1.807) is 6.07 Å². The van der Waals surface area contributed by atoms with E-state index in [-0.39, 0.29) is 19.6 Å². The summed E-state index contributed by atoms with van der Waals surface area (Å²) in [6.45, 7) is 1.83. The van der Waals surface area contributed by atoms with Gasteiger partial charge in [0.15, 0.2) is 6.61 Å². The van der Waals surface area contributed by atoms with Crippen LogP contribution in [0, 0.1) is 0 Å². The third kappa shape index (κ3) is 2.26. The minimum atomic E-state index is -0.996. The van der Waals surface area contributed by atoms with Gasteiger partial charge in [-0.25, -0.2) is 4.79 Å². The molecule has 0 saturated carbocycles. The van der Waals surface area contributed by atoms with Gasteiger partial charge in [0, 0.05) is 6.54 Å². The summed E-state index contributed by atoms with van der Waals surface area (Å²) in [5, 5.41) is 8.61. The summed E-state index contributed by atoms with van der Waals surface area (Å²) in [6.07, 6.45) is -0.131. The Balaban J connectivity index is 0.00000162. The van der Waals surface area contributed by atoms with Crippen molar-refractivity contribution in [2.45, 2.75) is 12.9 Å². The van der Waals surface area contributed by atoms with Crippen molar-refractivity contribution in [3.05, 3.63) is 23.8 Å². The van der Waals surface area contributed by atoms with Crippen LogP contribution in [0.3, 0.4) is 0 Å². The van der Waals surface area contributed by atoms with Gasteiger partial charge in [0.25, 0.3) is 0 Å². The molecule has 1 aliphatic rings. The van der Waals surface area contributed by atoms with E-state index in [4.69, 9.17) is 20.2 Å². The third-order valence-corrected chi connectivity index (χ3v) is 2.79. The smallest absolute Gasteiger partial charge is 0.341 e. The van der Waals surface area contributed by atoms with Crippen molar-refractivity contribution in [3.63, 3.8) is 0 Å². The predicted molar refractivity (Wildman–Crippen MR) is 63.7 cm³/mol. The van der Waals surface area contributed by atoms with E-state index in [2.05, 4.69) is 0 Å². The molecule has 1 aliphatic heterocycles. The van der Waals surface area contributed by atoms with Gasteiger partial charge in [-0.15, -0.1) is 0 Å². The number of carbonyl (C=O) groups is 1. The Morgan fingerprint density at radius 3 is 2.94 bits per heavy atom. The van der Waals surface area contributed by atoms with Gasteiger partial charge in [-0.05, 0) is 17.1 Å². The number of rotatable bonds is 4. The normalized spacial score (nSPS) is 17.0. The fraction of sp³-hybridized carbons (Fsp3) is 0.364. The van der Waals surface area contributed by atoms with Crippen molar-refractivity contribution >= 4 is 18.3 Å². The van der Waals surface area contributed by atoms with Gasteiger partial charge in [-0.1, -0.05) is 19.0 Å². The molecule has 0 amide bonds. The third-order valence-electron chi connectivity index (χ3n) is 2.79. The number of ether oxygens (including phenoxy) is 1. The van der Waals surface area contributed by atoms with Gasteiger partial charge in [0.1, 0.15) is 5.75 Å². The van der Waals surface area contributed by atoms with Crippen molar-refractivity contribution in [1.29, 1.82) is 0 Å². The molecule has 7 heteroatoms. The SMILES string of the molecule is CB1O[C@H](CN)c2cccc(OCC(=O)O)c21.[Rf]. The van der Waals surface area contributed by atoms with Gasteiger partial charge in [-0.3, -0.25) is 0 Å². The predicted octanol–water partition coefficient (Wildman–Crippen LogP) is 0.00830. The molecule has 0 radical (unpaired) electrons. The maximum absolute atomic E-state index is 10.5. The molecular formula is C11H14BNO4Rf. The van der Waals surface area contributed by atoms with Crippen LogP contribution in [0.25, 0.3) is 0 Å². The summed E-state index contributed by atoms with van der Waals surface area (Å²) < 4.78 is 10.9. The first-order valence-corrected chi connectivity index (χ1v) is 5.46. The van der Waals surface area contributed by atoms with Crippen LogP contribution >= 0.6 is 0 Å². The van der Waals surface area contributed by atoms with E-state index in [0.29, 0.717) is 12.3 Å². The Labute approximate surface area is 99.6 Å². The summed E-state index contributed by atoms with van der Waals surface area (Å²) in [6, 6.07) is 5.50. The average Bonchev–Trinajstić information content (AvgIpc) is 2.64. The standard InChI is InChI=1S/C11H14BNO4.Rf/c1-12-11-7(9(5-13)17-12)3-2-4-8(11)16-6-10(14)15;/h2-4,9H,5-6,13H2,1H3,(H,14,15);/t9-;/m1./s1. The maximum atomic E-state index is 10.5. The molecule has 18 heavy (non-hydrogen) atoms. The zero-order valence-electron chi connectivity index (χ0n) is 10.3. The van der Waals surface area contributed by atoms with Crippen LogP contribution in [0.2, 0.25) is 6.82 Å². The first kappa shape index (κ1) is 13.5. The number of carboxylic acid groups (broad SMARTS) is 1. The molecule has 0 spiro atoms. The monoisotopic (exact) mass is 502 g/mol. The summed E-state index contributed by atoms with van der Waals surface area (Å²) in [4.78, 5) is 10.5. The molecule has 0 bridgehead atoms. The van der Waals surface area contributed by atoms with E-state index >= 15 is 0 Å². The van der Waals surface area contributed by atoms with E-state index in [9.17, 15) is 4.79 Å². The summed E-state index contributed by atoms with van der Waals surface area (Å²) in [5.74, 6) is -0.433. The van der Waals surface area contributed by atoms with Crippen molar-refractivity contribution in [1.82, 2.24) is 0 Å². The number of benzene rings is 1. The maximum Gasteiger partial charge on any atom is 0.341 e. The van der Waals surface area contributed by atoms with Crippen molar-refractivity contribution < 1.29 is 19.3 Å². The fourth-order valence-corrected chi connectivity index (χ4v) is 2.11. The molecular weight excluding hydrogens is 488 g/mol. The second-order valence-corrected chi connectivity index (χ2v) is 3.94. The first-order chi connectivity index (χ1) is 8.13. The molecule has 0 saturated heterocycles. The number of fused-ring (bicyclic) bond motifs is 1. The van der Waals surface area contributed by atoms with Crippen LogP contribution < -0.4 is 15.9 Å². The second-order valence-electron chi connectivity index (χ2n) is 3.94. The average molecular weight is 502 g/mol. The minimum absolute atomic E-state index is 0. The largest absolute Gasteiger partial charge is 0.482 e. The number of carboxylic acids is 1. The summed E-state index contributed by atoms with van der Waals surface area (Å²) >= 11 is 0. The topological polar surface area (TPSA) is 81.8 Å². The second kappa shape index (κ2) is 5.20. The summed E-state index contributed by atoms with van der Waals surface area (Å²) in [5.41, 5.74) is 7.52. The molecule has 0 unspecified atom stereocenters. The van der Waals surface area contributed by atoms with Gasteiger partial charge in [0.05, 0.1) is 6.10 Å². The van der Waals surface area contributed by atoms with E-state index in [0.717, 1.165) is 11.0 Å². The first-order valence-electron chi connectivity index (χ1n) is 5.46. The number of hydrogen-bond donors (Lipinski definition) is 2. The molecule has 3 N–H and O–H groups in total. The van der Waals surface area contributed by atoms with Crippen LogP contribution in [0.4, 0.5) is 0 Å². The van der Waals surface area contributed by atoms with E-state index < -0.39 is 5.97 Å².